The lowest BCUT2D eigenvalue weighted by Crippen LogP contribution is -2.33. The van der Waals surface area contributed by atoms with Crippen LogP contribution in [0.25, 0.3) is 0 Å². The van der Waals surface area contributed by atoms with E-state index in [-0.39, 0.29) is 0 Å². The highest BCUT2D eigenvalue weighted by Crippen LogP contribution is 2.32. The molecule has 0 aliphatic carbocycles. The van der Waals surface area contributed by atoms with Crippen molar-refractivity contribution in [3.63, 3.8) is 0 Å². The third kappa shape index (κ3) is 3.35. The Labute approximate surface area is 115 Å². The molecule has 0 saturated carbocycles. The second kappa shape index (κ2) is 5.74. The van der Waals surface area contributed by atoms with Gasteiger partial charge in [-0.3, -0.25) is 0 Å². The van der Waals surface area contributed by atoms with E-state index < -0.39 is 0 Å². The monoisotopic (exact) mass is 264 g/mol. The number of nitrogens with zero attached hydrogens (tertiary/aromatic N) is 3. The molecule has 1 aromatic rings. The molecule has 0 spiro atoms. The van der Waals surface area contributed by atoms with Gasteiger partial charge in [-0.1, -0.05) is 6.92 Å². The zero-order valence-electron chi connectivity index (χ0n) is 12.4. The first kappa shape index (κ1) is 14.1. The first-order chi connectivity index (χ1) is 9.06. The van der Waals surface area contributed by atoms with Crippen LogP contribution in [0.2, 0.25) is 0 Å². The summed E-state index contributed by atoms with van der Waals surface area (Å²) in [6.45, 7) is 9.93. The van der Waals surface area contributed by atoms with Gasteiger partial charge in [-0.2, -0.15) is 4.98 Å². The molecular weight excluding hydrogens is 240 g/mol. The van der Waals surface area contributed by atoms with Gasteiger partial charge >= 0.3 is 0 Å². The topological polar surface area (TPSA) is 50.3 Å². The van der Waals surface area contributed by atoms with Gasteiger partial charge in [-0.15, -0.1) is 0 Å². The maximum absolute atomic E-state index is 5.50. The molecular formula is C14H24N4O. The molecule has 1 aliphatic heterocycles. The Morgan fingerprint density at radius 1 is 1.47 bits per heavy atom. The number of ether oxygens (including phenoxy) is 1. The van der Waals surface area contributed by atoms with E-state index in [1.165, 1.54) is 6.42 Å². The first-order valence-electron chi connectivity index (χ1n) is 6.94. The summed E-state index contributed by atoms with van der Waals surface area (Å²) in [5.41, 5.74) is 0.319. The normalized spacial score (nSPS) is 22.8. The first-order valence-corrected chi connectivity index (χ1v) is 6.94. The summed E-state index contributed by atoms with van der Waals surface area (Å²) in [7, 11) is 2.01. The van der Waals surface area contributed by atoms with Crippen molar-refractivity contribution >= 4 is 5.82 Å². The third-order valence-electron chi connectivity index (χ3n) is 3.58. The van der Waals surface area contributed by atoms with Gasteiger partial charge < -0.3 is 15.0 Å². The lowest BCUT2D eigenvalue weighted by atomic mass is 9.90. The Morgan fingerprint density at radius 3 is 2.95 bits per heavy atom. The fourth-order valence-electron chi connectivity index (χ4n) is 2.70. The van der Waals surface area contributed by atoms with Gasteiger partial charge in [-0.25, -0.2) is 4.98 Å². The summed E-state index contributed by atoms with van der Waals surface area (Å²) in [6.07, 6.45) is 1.18. The number of aromatic nitrogens is 2. The van der Waals surface area contributed by atoms with E-state index in [2.05, 4.69) is 27.1 Å². The molecule has 1 unspecified atom stereocenters. The van der Waals surface area contributed by atoms with Crippen LogP contribution >= 0.6 is 0 Å². The number of aryl methyl sites for hydroxylation is 1. The van der Waals surface area contributed by atoms with Crippen LogP contribution in [0.4, 0.5) is 5.82 Å². The van der Waals surface area contributed by atoms with Crippen LogP contribution in [-0.2, 0) is 0 Å². The van der Waals surface area contributed by atoms with Gasteiger partial charge in [-0.05, 0) is 32.7 Å². The Hall–Kier alpha value is -1.36. The summed E-state index contributed by atoms with van der Waals surface area (Å²) in [5.74, 6) is 2.42. The van der Waals surface area contributed by atoms with Gasteiger partial charge in [0, 0.05) is 25.7 Å². The Bertz CT molecular complexity index is 437. The van der Waals surface area contributed by atoms with E-state index >= 15 is 0 Å². The summed E-state index contributed by atoms with van der Waals surface area (Å²) < 4.78 is 5.50. The predicted octanol–water partition coefficient (Wildman–Crippen LogP) is 1.62. The van der Waals surface area contributed by atoms with E-state index in [4.69, 9.17) is 4.74 Å². The molecule has 2 rings (SSSR count). The zero-order chi connectivity index (χ0) is 13.9. The van der Waals surface area contributed by atoms with Gasteiger partial charge in [0.25, 0.3) is 0 Å². The van der Waals surface area contributed by atoms with Crippen molar-refractivity contribution in [1.29, 1.82) is 0 Å². The van der Waals surface area contributed by atoms with Crippen LogP contribution in [0, 0.1) is 12.3 Å². The lowest BCUT2D eigenvalue weighted by molar-refractivity contribution is 0.325. The summed E-state index contributed by atoms with van der Waals surface area (Å²) >= 11 is 0. The number of hydrogen-bond acceptors (Lipinski definition) is 5. The molecule has 5 heteroatoms. The number of nitrogens with one attached hydrogen (secondary N) is 1. The van der Waals surface area contributed by atoms with Crippen LogP contribution in [0.3, 0.4) is 0 Å². The van der Waals surface area contributed by atoms with Gasteiger partial charge in [0.05, 0.1) is 6.61 Å². The highest BCUT2D eigenvalue weighted by atomic mass is 16.5. The van der Waals surface area contributed by atoms with Crippen LogP contribution in [0.5, 0.6) is 5.88 Å². The second-order valence-electron chi connectivity index (χ2n) is 5.56. The summed E-state index contributed by atoms with van der Waals surface area (Å²) in [5, 5.41) is 3.28. The Kier molecular flexibility index (Phi) is 4.24. The number of rotatable bonds is 5. The molecule has 1 aromatic heterocycles. The van der Waals surface area contributed by atoms with Gasteiger partial charge in [0.15, 0.2) is 0 Å². The fourth-order valence-corrected chi connectivity index (χ4v) is 2.70. The number of anilines is 1. The van der Waals surface area contributed by atoms with Crippen LogP contribution in [-0.4, -0.2) is 43.3 Å². The highest BCUT2D eigenvalue weighted by molar-refractivity contribution is 5.43. The van der Waals surface area contributed by atoms with Crippen molar-refractivity contribution in [3.05, 3.63) is 11.9 Å². The third-order valence-corrected chi connectivity index (χ3v) is 3.58. The predicted molar refractivity (Wildman–Crippen MR) is 76.8 cm³/mol. The molecule has 1 saturated heterocycles. The van der Waals surface area contributed by atoms with E-state index in [9.17, 15) is 0 Å². The molecule has 1 N–H and O–H groups in total. The van der Waals surface area contributed by atoms with Crippen molar-refractivity contribution in [1.82, 2.24) is 15.3 Å². The molecule has 0 bridgehead atoms. The zero-order valence-corrected chi connectivity index (χ0v) is 12.4. The maximum atomic E-state index is 5.50. The Morgan fingerprint density at radius 2 is 2.26 bits per heavy atom. The molecule has 0 amide bonds. The molecule has 2 heterocycles. The van der Waals surface area contributed by atoms with Crippen molar-refractivity contribution < 1.29 is 4.74 Å². The number of hydrogen-bond donors (Lipinski definition) is 1. The van der Waals surface area contributed by atoms with E-state index in [0.29, 0.717) is 17.9 Å². The minimum atomic E-state index is 0.319. The second-order valence-corrected chi connectivity index (χ2v) is 5.56. The average molecular weight is 264 g/mol. The largest absolute Gasteiger partial charge is 0.478 e. The van der Waals surface area contributed by atoms with Crippen molar-refractivity contribution in [2.45, 2.75) is 27.2 Å². The lowest BCUT2D eigenvalue weighted by Gasteiger charge is -2.24. The minimum Gasteiger partial charge on any atom is -0.478 e. The minimum absolute atomic E-state index is 0.319. The molecule has 1 aliphatic rings. The van der Waals surface area contributed by atoms with Crippen molar-refractivity contribution in [2.24, 2.45) is 5.41 Å². The summed E-state index contributed by atoms with van der Waals surface area (Å²) in [4.78, 5) is 11.2. The molecule has 1 atom stereocenters. The highest BCUT2D eigenvalue weighted by Gasteiger charge is 2.34. The fraction of sp³-hybridized carbons (Fsp3) is 0.714. The molecule has 5 nitrogen and oxygen atoms in total. The smallest absolute Gasteiger partial charge is 0.218 e. The quantitative estimate of drug-likeness (QED) is 0.876. The molecule has 0 radical (unpaired) electrons. The van der Waals surface area contributed by atoms with Crippen molar-refractivity contribution in [3.8, 4) is 5.88 Å². The maximum Gasteiger partial charge on any atom is 0.218 e. The SMILES string of the molecule is CCOc1cc(N2CCC(C)(CNC)C2)nc(C)n1. The van der Waals surface area contributed by atoms with E-state index in [1.807, 2.05) is 27.0 Å². The van der Waals surface area contributed by atoms with E-state index in [1.54, 1.807) is 0 Å². The Balaban J connectivity index is 2.14. The molecule has 0 aromatic carbocycles. The van der Waals surface area contributed by atoms with E-state index in [0.717, 1.165) is 31.3 Å². The van der Waals surface area contributed by atoms with Crippen molar-refractivity contribution in [2.75, 3.05) is 38.2 Å². The molecule has 106 valence electrons. The average Bonchev–Trinajstić information content (AvgIpc) is 2.72. The molecule has 19 heavy (non-hydrogen) atoms. The van der Waals surface area contributed by atoms with Crippen LogP contribution in [0.1, 0.15) is 26.1 Å². The molecule has 1 fully saturated rings. The van der Waals surface area contributed by atoms with Gasteiger partial charge in [0.2, 0.25) is 5.88 Å². The van der Waals surface area contributed by atoms with Crippen LogP contribution < -0.4 is 15.0 Å². The van der Waals surface area contributed by atoms with Crippen LogP contribution in [0.15, 0.2) is 6.07 Å². The van der Waals surface area contributed by atoms with Gasteiger partial charge in [0.1, 0.15) is 11.6 Å². The standard InChI is InChI=1S/C14H24N4O/c1-5-19-13-8-12(16-11(2)17-13)18-7-6-14(3,10-18)9-15-4/h8,15H,5-7,9-10H2,1-4H3. The summed E-state index contributed by atoms with van der Waals surface area (Å²) in [6, 6.07) is 1.95.